The van der Waals surface area contributed by atoms with Crippen LogP contribution in [0.25, 0.3) is 11.1 Å². The fourth-order valence-corrected chi connectivity index (χ4v) is 5.75. The molecule has 4 nitrogen and oxygen atoms in total. The van der Waals surface area contributed by atoms with Crippen LogP contribution in [0.3, 0.4) is 0 Å². The first kappa shape index (κ1) is 19.9. The van der Waals surface area contributed by atoms with E-state index in [-0.39, 0.29) is 23.7 Å². The summed E-state index contributed by atoms with van der Waals surface area (Å²) in [5.74, 6) is 0.511. The molecule has 1 N–H and O–H groups in total. The van der Waals surface area contributed by atoms with Crippen LogP contribution in [0.2, 0.25) is 5.02 Å². The minimum Gasteiger partial charge on any atom is -0.445 e. The lowest BCUT2D eigenvalue weighted by Crippen LogP contribution is -2.53. The summed E-state index contributed by atoms with van der Waals surface area (Å²) in [4.78, 5) is 15.3. The first-order valence-corrected chi connectivity index (χ1v) is 11.4. The summed E-state index contributed by atoms with van der Waals surface area (Å²) in [6.45, 7) is 7.57. The van der Waals surface area contributed by atoms with Crippen molar-refractivity contribution in [2.24, 2.45) is 11.3 Å². The van der Waals surface area contributed by atoms with Crippen LogP contribution in [0.5, 0.6) is 0 Å². The molecular formula is C25H29ClN2O2. The topological polar surface area (TPSA) is 41.6 Å². The van der Waals surface area contributed by atoms with Gasteiger partial charge in [0.15, 0.2) is 0 Å². The molecule has 1 amide bonds. The van der Waals surface area contributed by atoms with Crippen molar-refractivity contribution in [1.82, 2.24) is 10.2 Å². The first-order chi connectivity index (χ1) is 14.4. The Balaban J connectivity index is 1.37. The van der Waals surface area contributed by atoms with Crippen LogP contribution >= 0.6 is 11.6 Å². The monoisotopic (exact) mass is 424 g/mol. The highest BCUT2D eigenvalue weighted by molar-refractivity contribution is 6.33. The number of amides is 1. The molecule has 2 aromatic rings. The lowest BCUT2D eigenvalue weighted by molar-refractivity contribution is -0.0348. The minimum absolute atomic E-state index is 0.0194. The van der Waals surface area contributed by atoms with Crippen LogP contribution in [0.4, 0.5) is 4.79 Å². The predicted molar refractivity (Wildman–Crippen MR) is 120 cm³/mol. The van der Waals surface area contributed by atoms with Crippen molar-refractivity contribution in [2.45, 2.75) is 45.3 Å². The molecule has 2 aromatic carbocycles. The highest BCUT2D eigenvalue weighted by Crippen LogP contribution is 2.46. The molecule has 2 bridgehead atoms. The number of benzene rings is 2. The summed E-state index contributed by atoms with van der Waals surface area (Å²) in [6, 6.07) is 14.3. The molecule has 5 heteroatoms. The van der Waals surface area contributed by atoms with Gasteiger partial charge in [-0.15, -0.1) is 0 Å². The third-order valence-corrected chi connectivity index (χ3v) is 7.52. The normalized spacial score (nSPS) is 28.8. The van der Waals surface area contributed by atoms with Gasteiger partial charge in [0, 0.05) is 17.1 Å². The number of hydrogen-bond acceptors (Lipinski definition) is 3. The average Bonchev–Trinajstić information content (AvgIpc) is 2.98. The highest BCUT2D eigenvalue weighted by atomic mass is 35.5. The van der Waals surface area contributed by atoms with E-state index in [1.807, 2.05) is 24.3 Å². The number of carbonyl (C=O) groups is 1. The summed E-state index contributed by atoms with van der Waals surface area (Å²) >= 11 is 6.43. The highest BCUT2D eigenvalue weighted by Gasteiger charge is 2.42. The molecule has 0 saturated carbocycles. The quantitative estimate of drug-likeness (QED) is 0.712. The number of nitrogens with zero attached hydrogens (tertiary/aromatic N) is 1. The summed E-state index contributed by atoms with van der Waals surface area (Å²) in [7, 11) is 0. The summed E-state index contributed by atoms with van der Waals surface area (Å²) in [5.41, 5.74) is 4.47. The SMILES string of the molecule is CC1(C)Cc2ccc(-c3ccccc3Cl)cc2C1NC(=O)O[C@@H]1CN2CCC1CC2. The molecule has 1 aliphatic carbocycles. The molecule has 1 unspecified atom stereocenters. The van der Waals surface area contributed by atoms with Crippen LogP contribution in [0.15, 0.2) is 42.5 Å². The lowest BCUT2D eigenvalue weighted by Gasteiger charge is -2.44. The third-order valence-electron chi connectivity index (χ3n) is 7.19. The van der Waals surface area contributed by atoms with Gasteiger partial charge < -0.3 is 10.1 Å². The predicted octanol–water partition coefficient (Wildman–Crippen LogP) is 5.45. The number of alkyl carbamates (subject to hydrolysis) is 1. The van der Waals surface area contributed by atoms with Gasteiger partial charge in [-0.05, 0) is 72.5 Å². The Morgan fingerprint density at radius 1 is 1.17 bits per heavy atom. The van der Waals surface area contributed by atoms with Crippen molar-refractivity contribution in [2.75, 3.05) is 19.6 Å². The third kappa shape index (κ3) is 3.61. The molecule has 0 spiro atoms. The fraction of sp³-hybridized carbons (Fsp3) is 0.480. The number of fused-ring (bicyclic) bond motifs is 4. The molecule has 158 valence electrons. The standard InChI is InChI=1S/C25H29ClN2O2/c1-25(2)14-18-8-7-17(19-5-3-4-6-21(19)26)13-20(18)23(25)27-24(29)30-22-15-28-11-9-16(22)10-12-28/h3-8,13,16,22-23H,9-12,14-15H2,1-2H3,(H,27,29)/t22-,23?/m1/s1. The Hall–Kier alpha value is -2.04. The second-order valence-corrected chi connectivity index (χ2v) is 10.1. The van der Waals surface area contributed by atoms with Crippen LogP contribution in [-0.4, -0.2) is 36.7 Å². The molecule has 6 rings (SSSR count). The maximum absolute atomic E-state index is 12.9. The van der Waals surface area contributed by atoms with E-state index < -0.39 is 0 Å². The molecule has 4 aliphatic rings. The minimum atomic E-state index is -0.289. The zero-order valence-electron chi connectivity index (χ0n) is 17.7. The number of hydrogen-bond donors (Lipinski definition) is 1. The molecule has 3 fully saturated rings. The van der Waals surface area contributed by atoms with Crippen LogP contribution in [-0.2, 0) is 11.2 Å². The van der Waals surface area contributed by atoms with Crippen molar-refractivity contribution < 1.29 is 9.53 Å². The molecule has 3 saturated heterocycles. The van der Waals surface area contributed by atoms with Gasteiger partial charge in [0.05, 0.1) is 6.04 Å². The molecule has 3 aliphatic heterocycles. The zero-order chi connectivity index (χ0) is 20.9. The Morgan fingerprint density at radius 3 is 2.63 bits per heavy atom. The summed E-state index contributed by atoms with van der Waals surface area (Å²) in [6.07, 6.45) is 2.93. The number of piperidine rings is 3. The Kier molecular flexibility index (Phi) is 5.03. The molecule has 0 aromatic heterocycles. The van der Waals surface area contributed by atoms with Crippen LogP contribution < -0.4 is 5.32 Å². The van der Waals surface area contributed by atoms with Crippen LogP contribution in [0.1, 0.15) is 43.9 Å². The van der Waals surface area contributed by atoms with Gasteiger partial charge in [0.2, 0.25) is 0 Å². The van der Waals surface area contributed by atoms with E-state index in [0.29, 0.717) is 5.92 Å². The molecule has 30 heavy (non-hydrogen) atoms. The van der Waals surface area contributed by atoms with Gasteiger partial charge >= 0.3 is 6.09 Å². The van der Waals surface area contributed by atoms with Gasteiger partial charge in [0.1, 0.15) is 6.10 Å². The largest absolute Gasteiger partial charge is 0.445 e. The van der Waals surface area contributed by atoms with Crippen molar-refractivity contribution in [3.8, 4) is 11.1 Å². The Labute approximate surface area is 183 Å². The van der Waals surface area contributed by atoms with Gasteiger partial charge in [-0.25, -0.2) is 4.79 Å². The van der Waals surface area contributed by atoms with E-state index >= 15 is 0 Å². The Morgan fingerprint density at radius 2 is 1.93 bits per heavy atom. The van der Waals surface area contributed by atoms with Crippen molar-refractivity contribution in [1.29, 1.82) is 0 Å². The second kappa shape index (κ2) is 7.58. The van der Waals surface area contributed by atoms with E-state index in [9.17, 15) is 4.79 Å². The summed E-state index contributed by atoms with van der Waals surface area (Å²) < 4.78 is 5.92. The van der Waals surface area contributed by atoms with Gasteiger partial charge in [-0.2, -0.15) is 0 Å². The zero-order valence-corrected chi connectivity index (χ0v) is 18.4. The van der Waals surface area contributed by atoms with Crippen molar-refractivity contribution >= 4 is 17.7 Å². The van der Waals surface area contributed by atoms with E-state index in [2.05, 4.69) is 42.3 Å². The maximum Gasteiger partial charge on any atom is 0.407 e. The van der Waals surface area contributed by atoms with Gasteiger partial charge in [-0.1, -0.05) is 55.8 Å². The second-order valence-electron chi connectivity index (χ2n) is 9.72. The molecule has 2 atom stereocenters. The molecule has 0 radical (unpaired) electrons. The van der Waals surface area contributed by atoms with Gasteiger partial charge in [0.25, 0.3) is 0 Å². The van der Waals surface area contributed by atoms with Crippen molar-refractivity contribution in [3.05, 3.63) is 58.6 Å². The number of halogens is 1. The number of carbonyl (C=O) groups excluding carboxylic acids is 1. The van der Waals surface area contributed by atoms with E-state index in [1.54, 1.807) is 0 Å². The maximum atomic E-state index is 12.9. The van der Waals surface area contributed by atoms with Crippen LogP contribution in [0, 0.1) is 11.3 Å². The summed E-state index contributed by atoms with van der Waals surface area (Å²) in [5, 5.41) is 3.95. The smallest absolute Gasteiger partial charge is 0.407 e. The van der Waals surface area contributed by atoms with E-state index in [4.69, 9.17) is 16.3 Å². The molecular weight excluding hydrogens is 396 g/mol. The number of nitrogens with one attached hydrogen (secondary N) is 1. The molecule has 3 heterocycles. The van der Waals surface area contributed by atoms with E-state index in [0.717, 1.165) is 55.0 Å². The number of rotatable bonds is 3. The first-order valence-electron chi connectivity index (χ1n) is 11.0. The lowest BCUT2D eigenvalue weighted by atomic mass is 9.85. The fourth-order valence-electron chi connectivity index (χ4n) is 5.51. The average molecular weight is 425 g/mol. The van der Waals surface area contributed by atoms with E-state index in [1.165, 1.54) is 11.1 Å². The van der Waals surface area contributed by atoms with Gasteiger partial charge in [-0.3, -0.25) is 4.90 Å². The Bertz CT molecular complexity index is 965. The van der Waals surface area contributed by atoms with Crippen molar-refractivity contribution in [3.63, 3.8) is 0 Å². The number of ether oxygens (including phenoxy) is 1.